The van der Waals surface area contributed by atoms with Gasteiger partial charge in [-0.15, -0.1) is 5.10 Å². The van der Waals surface area contributed by atoms with Crippen LogP contribution in [-0.4, -0.2) is 25.7 Å². The molecule has 0 unspecified atom stereocenters. The molecule has 0 bridgehead atoms. The van der Waals surface area contributed by atoms with Crippen molar-refractivity contribution in [1.29, 1.82) is 0 Å². The van der Waals surface area contributed by atoms with Crippen LogP contribution in [0.1, 0.15) is 55.1 Å². The monoisotopic (exact) mass is 369 g/mol. The molecular formula is C19H23N5OS. The minimum Gasteiger partial charge on any atom is -0.461 e. The fraction of sp³-hybridized carbons (Fsp3) is 0.421. The van der Waals surface area contributed by atoms with Gasteiger partial charge in [-0.1, -0.05) is 19.3 Å². The smallest absolute Gasteiger partial charge is 0.219 e. The van der Waals surface area contributed by atoms with E-state index in [1.807, 2.05) is 18.3 Å². The number of hydrogen-bond donors (Lipinski definition) is 1. The van der Waals surface area contributed by atoms with Gasteiger partial charge in [-0.3, -0.25) is 0 Å². The number of aromatic nitrogens is 4. The zero-order valence-corrected chi connectivity index (χ0v) is 15.9. The molecule has 4 rings (SSSR count). The van der Waals surface area contributed by atoms with Crippen molar-refractivity contribution in [2.45, 2.75) is 52.0 Å². The minimum atomic E-state index is 0.439. The Kier molecular flexibility index (Phi) is 4.63. The van der Waals surface area contributed by atoms with Crippen molar-refractivity contribution < 1.29 is 4.42 Å². The van der Waals surface area contributed by atoms with E-state index in [0.717, 1.165) is 5.56 Å². The van der Waals surface area contributed by atoms with E-state index in [2.05, 4.69) is 39.8 Å². The van der Waals surface area contributed by atoms with Crippen LogP contribution in [0.3, 0.4) is 0 Å². The highest BCUT2D eigenvalue weighted by Crippen LogP contribution is 2.31. The topological polar surface area (TPSA) is 64.0 Å². The Morgan fingerprint density at radius 2 is 2.12 bits per heavy atom. The molecule has 1 aliphatic rings. The molecule has 1 fully saturated rings. The van der Waals surface area contributed by atoms with Gasteiger partial charge in [0.25, 0.3) is 0 Å². The molecule has 0 spiro atoms. The molecule has 3 aromatic rings. The number of hydrogen-bond acceptors (Lipinski definition) is 4. The molecule has 0 aromatic carbocycles. The molecule has 0 amide bonds. The van der Waals surface area contributed by atoms with E-state index in [-0.39, 0.29) is 0 Å². The summed E-state index contributed by atoms with van der Waals surface area (Å²) in [5.74, 6) is 1.19. The van der Waals surface area contributed by atoms with Crippen molar-refractivity contribution >= 4 is 18.4 Å². The number of aromatic amines is 1. The summed E-state index contributed by atoms with van der Waals surface area (Å²) in [5.41, 5.74) is 3.66. The van der Waals surface area contributed by atoms with E-state index in [9.17, 15) is 0 Å². The van der Waals surface area contributed by atoms with Crippen LogP contribution >= 0.6 is 12.2 Å². The average molecular weight is 369 g/mol. The van der Waals surface area contributed by atoms with Gasteiger partial charge in [0.05, 0.1) is 12.5 Å². The first-order chi connectivity index (χ1) is 12.6. The quantitative estimate of drug-likeness (QED) is 0.519. The third-order valence-corrected chi connectivity index (χ3v) is 5.43. The summed E-state index contributed by atoms with van der Waals surface area (Å²) in [4.78, 5) is 0. The maximum Gasteiger partial charge on any atom is 0.219 e. The lowest BCUT2D eigenvalue weighted by Crippen LogP contribution is -2.15. The van der Waals surface area contributed by atoms with Crippen LogP contribution in [0.4, 0.5) is 0 Å². The predicted molar refractivity (Wildman–Crippen MR) is 104 cm³/mol. The summed E-state index contributed by atoms with van der Waals surface area (Å²) in [7, 11) is 0. The Balaban J connectivity index is 1.66. The van der Waals surface area contributed by atoms with Crippen molar-refractivity contribution in [1.82, 2.24) is 19.4 Å². The molecule has 1 N–H and O–H groups in total. The summed E-state index contributed by atoms with van der Waals surface area (Å²) < 4.78 is 9.94. The van der Waals surface area contributed by atoms with Gasteiger partial charge < -0.3 is 8.98 Å². The van der Waals surface area contributed by atoms with Crippen LogP contribution in [0.5, 0.6) is 0 Å². The van der Waals surface area contributed by atoms with E-state index in [1.54, 1.807) is 10.9 Å². The summed E-state index contributed by atoms with van der Waals surface area (Å²) in [6.07, 6.45) is 10.0. The van der Waals surface area contributed by atoms with Crippen LogP contribution < -0.4 is 0 Å². The third-order valence-electron chi connectivity index (χ3n) is 5.17. The van der Waals surface area contributed by atoms with Gasteiger partial charge in [-0.05, 0) is 57.1 Å². The Morgan fingerprint density at radius 3 is 2.85 bits per heavy atom. The van der Waals surface area contributed by atoms with E-state index in [4.69, 9.17) is 16.6 Å². The fourth-order valence-electron chi connectivity index (χ4n) is 3.92. The van der Waals surface area contributed by atoms with Crippen molar-refractivity contribution in [3.05, 3.63) is 46.2 Å². The molecule has 0 radical (unpaired) electrons. The van der Waals surface area contributed by atoms with Gasteiger partial charge in [0, 0.05) is 23.0 Å². The zero-order valence-electron chi connectivity index (χ0n) is 15.1. The lowest BCUT2D eigenvalue weighted by atomic mass is 9.95. The van der Waals surface area contributed by atoms with Gasteiger partial charge in [0.15, 0.2) is 5.76 Å². The number of nitrogens with zero attached hydrogens (tertiary/aromatic N) is 4. The van der Waals surface area contributed by atoms with Crippen molar-refractivity contribution in [2.24, 2.45) is 5.10 Å². The van der Waals surface area contributed by atoms with E-state index in [1.165, 1.54) is 43.5 Å². The molecule has 1 saturated carbocycles. The fourth-order valence-corrected chi connectivity index (χ4v) is 4.10. The van der Waals surface area contributed by atoms with Gasteiger partial charge >= 0.3 is 0 Å². The Hall–Kier alpha value is -2.41. The highest BCUT2D eigenvalue weighted by atomic mass is 32.1. The molecule has 3 heterocycles. The largest absolute Gasteiger partial charge is 0.461 e. The second-order valence-corrected chi connectivity index (χ2v) is 7.26. The van der Waals surface area contributed by atoms with Gasteiger partial charge in [0.2, 0.25) is 10.6 Å². The molecule has 136 valence electrons. The second-order valence-electron chi connectivity index (χ2n) is 6.87. The van der Waals surface area contributed by atoms with Gasteiger partial charge in [-0.25, -0.2) is 5.10 Å². The summed E-state index contributed by atoms with van der Waals surface area (Å²) in [5, 5.41) is 11.6. The lowest BCUT2D eigenvalue weighted by Gasteiger charge is -2.26. The highest BCUT2D eigenvalue weighted by molar-refractivity contribution is 7.71. The molecule has 3 aromatic heterocycles. The number of H-pyrrole nitrogens is 1. The average Bonchev–Trinajstić information content (AvgIpc) is 3.34. The normalized spacial score (nSPS) is 15.9. The van der Waals surface area contributed by atoms with Gasteiger partial charge in [-0.2, -0.15) is 9.78 Å². The molecule has 0 saturated heterocycles. The SMILES string of the molecule is Cc1cc(/C=N\n2c(-c3ccco3)n[nH]c2=S)c(C)n1C1CCCCC1. The summed E-state index contributed by atoms with van der Waals surface area (Å²) >= 11 is 5.31. The summed E-state index contributed by atoms with van der Waals surface area (Å²) in [6.45, 7) is 4.35. The molecule has 1 aliphatic carbocycles. The summed E-state index contributed by atoms with van der Waals surface area (Å²) in [6, 6.07) is 6.47. The van der Waals surface area contributed by atoms with Crippen LogP contribution in [0.25, 0.3) is 11.6 Å². The van der Waals surface area contributed by atoms with E-state index in [0.29, 0.717) is 22.4 Å². The number of rotatable bonds is 4. The molecule has 7 heteroatoms. The third kappa shape index (κ3) is 3.07. The van der Waals surface area contributed by atoms with E-state index < -0.39 is 0 Å². The minimum absolute atomic E-state index is 0.439. The first kappa shape index (κ1) is 17.0. The Bertz CT molecular complexity index is 970. The van der Waals surface area contributed by atoms with E-state index >= 15 is 0 Å². The maximum absolute atomic E-state index is 5.42. The van der Waals surface area contributed by atoms with Crippen LogP contribution in [0, 0.1) is 18.6 Å². The number of aryl methyl sites for hydroxylation is 1. The first-order valence-corrected chi connectivity index (χ1v) is 9.50. The molecule has 0 aliphatic heterocycles. The lowest BCUT2D eigenvalue weighted by molar-refractivity contribution is 0.346. The van der Waals surface area contributed by atoms with Crippen LogP contribution in [0.15, 0.2) is 34.0 Å². The number of furan rings is 1. The second kappa shape index (κ2) is 7.07. The molecule has 6 nitrogen and oxygen atoms in total. The Labute approximate surface area is 157 Å². The standard InChI is InChI=1S/C19H23N5OS/c1-13-11-15(14(2)23(13)16-7-4-3-5-8-16)12-20-24-18(21-22-19(24)26)17-9-6-10-25-17/h6,9-12,16H,3-5,7-8H2,1-2H3,(H,22,26)/b20-12-. The highest BCUT2D eigenvalue weighted by Gasteiger charge is 2.19. The van der Waals surface area contributed by atoms with Crippen molar-refractivity contribution in [3.8, 4) is 11.6 Å². The van der Waals surface area contributed by atoms with Crippen LogP contribution in [-0.2, 0) is 0 Å². The van der Waals surface area contributed by atoms with Crippen molar-refractivity contribution in [2.75, 3.05) is 0 Å². The molecule has 26 heavy (non-hydrogen) atoms. The number of nitrogens with one attached hydrogen (secondary N) is 1. The maximum atomic E-state index is 5.42. The first-order valence-electron chi connectivity index (χ1n) is 9.09. The predicted octanol–water partition coefficient (Wildman–Crippen LogP) is 5.01. The zero-order chi connectivity index (χ0) is 18.1. The Morgan fingerprint density at radius 1 is 1.31 bits per heavy atom. The van der Waals surface area contributed by atoms with Gasteiger partial charge in [0.1, 0.15) is 0 Å². The molecule has 0 atom stereocenters. The van der Waals surface area contributed by atoms with Crippen LogP contribution in [0.2, 0.25) is 0 Å². The van der Waals surface area contributed by atoms with Crippen molar-refractivity contribution in [3.63, 3.8) is 0 Å². The molecular weight excluding hydrogens is 346 g/mol.